The highest BCUT2D eigenvalue weighted by Gasteiger charge is 1.97. The van der Waals surface area contributed by atoms with Gasteiger partial charge in [0.2, 0.25) is 0 Å². The van der Waals surface area contributed by atoms with E-state index in [1.807, 2.05) is 13.8 Å². The lowest BCUT2D eigenvalue weighted by atomic mass is 10.1. The van der Waals surface area contributed by atoms with Gasteiger partial charge in [0, 0.05) is 5.56 Å². The van der Waals surface area contributed by atoms with Gasteiger partial charge in [-0.05, 0) is 12.5 Å². The topological polar surface area (TPSA) is 26.0 Å². The lowest BCUT2D eigenvalue weighted by Crippen LogP contribution is -1.74. The molecule has 2 rings (SSSR count). The normalized spacial score (nSPS) is 9.07. The third-order valence-electron chi connectivity index (χ3n) is 1.82. The molecule has 1 aromatic heterocycles. The Hall–Kier alpha value is -1.57. The van der Waals surface area contributed by atoms with Crippen LogP contribution in [0.25, 0.3) is 11.1 Å². The molecule has 0 unspecified atom stereocenters. The van der Waals surface area contributed by atoms with E-state index in [2.05, 4.69) is 36.3 Å². The number of benzene rings is 1. The first-order chi connectivity index (χ1) is 6.86. The van der Waals surface area contributed by atoms with Crippen molar-refractivity contribution in [2.75, 3.05) is 0 Å². The smallest absolute Gasteiger partial charge is 0.131 e. The zero-order valence-corrected chi connectivity index (χ0v) is 8.82. The average molecular weight is 189 g/mol. The minimum absolute atomic E-state index is 1.02. The van der Waals surface area contributed by atoms with Crippen molar-refractivity contribution in [3.8, 4) is 11.1 Å². The van der Waals surface area contributed by atoms with Crippen molar-refractivity contribution in [3.63, 3.8) is 0 Å². The molecule has 0 amide bonds. The quantitative estimate of drug-likeness (QED) is 0.684. The van der Waals surface area contributed by atoms with Crippen LogP contribution in [0.15, 0.2) is 41.2 Å². The van der Waals surface area contributed by atoms with Crippen molar-refractivity contribution in [2.45, 2.75) is 20.8 Å². The van der Waals surface area contributed by atoms with Gasteiger partial charge in [-0.1, -0.05) is 48.8 Å². The van der Waals surface area contributed by atoms with Gasteiger partial charge in [0.1, 0.15) is 6.26 Å². The molecule has 0 saturated carbocycles. The van der Waals surface area contributed by atoms with Crippen LogP contribution in [0.4, 0.5) is 0 Å². The summed E-state index contributed by atoms with van der Waals surface area (Å²) in [6.45, 7) is 6.07. The summed E-state index contributed by atoms with van der Waals surface area (Å²) in [5.41, 5.74) is 3.42. The summed E-state index contributed by atoms with van der Waals surface area (Å²) >= 11 is 0. The summed E-state index contributed by atoms with van der Waals surface area (Å²) in [7, 11) is 0. The molecular formula is C12H15NO. The van der Waals surface area contributed by atoms with E-state index in [0.29, 0.717) is 0 Å². The second-order valence-corrected chi connectivity index (χ2v) is 2.78. The van der Waals surface area contributed by atoms with Gasteiger partial charge in [-0.3, -0.25) is 0 Å². The van der Waals surface area contributed by atoms with Crippen molar-refractivity contribution in [1.29, 1.82) is 0 Å². The third-order valence-corrected chi connectivity index (χ3v) is 1.82. The Morgan fingerprint density at radius 3 is 2.14 bits per heavy atom. The van der Waals surface area contributed by atoms with Gasteiger partial charge in [0.15, 0.2) is 0 Å². The fourth-order valence-corrected chi connectivity index (χ4v) is 1.09. The molecule has 1 aromatic carbocycles. The molecule has 0 bridgehead atoms. The lowest BCUT2D eigenvalue weighted by Gasteiger charge is -1.95. The van der Waals surface area contributed by atoms with Crippen LogP contribution >= 0.6 is 0 Å². The van der Waals surface area contributed by atoms with E-state index in [-0.39, 0.29) is 0 Å². The van der Waals surface area contributed by atoms with Crippen LogP contribution in [-0.2, 0) is 0 Å². The highest BCUT2D eigenvalue weighted by atomic mass is 16.5. The third kappa shape index (κ3) is 2.46. The molecule has 2 nitrogen and oxygen atoms in total. The number of hydrogen-bond donors (Lipinski definition) is 0. The standard InChI is InChI=1S/C10H9NO.C2H6/c1-8-2-4-9(5-3-8)10-6-11-12-7-10;1-2/h2-7H,1H3;1-2H3. The maximum atomic E-state index is 4.75. The Kier molecular flexibility index (Phi) is 3.92. The molecule has 1 heterocycles. The number of aromatic nitrogens is 1. The zero-order chi connectivity index (χ0) is 10.4. The average Bonchev–Trinajstić information content (AvgIpc) is 2.75. The van der Waals surface area contributed by atoms with Gasteiger partial charge in [-0.2, -0.15) is 0 Å². The molecule has 74 valence electrons. The zero-order valence-electron chi connectivity index (χ0n) is 8.82. The van der Waals surface area contributed by atoms with Crippen molar-refractivity contribution in [3.05, 3.63) is 42.3 Å². The molecule has 0 aliphatic rings. The molecule has 0 aliphatic heterocycles. The second kappa shape index (κ2) is 5.22. The molecule has 2 heteroatoms. The second-order valence-electron chi connectivity index (χ2n) is 2.78. The van der Waals surface area contributed by atoms with Crippen LogP contribution in [0.1, 0.15) is 19.4 Å². The maximum Gasteiger partial charge on any atom is 0.131 e. The van der Waals surface area contributed by atoms with Crippen molar-refractivity contribution in [1.82, 2.24) is 5.16 Å². The minimum atomic E-state index is 1.02. The fraction of sp³-hybridized carbons (Fsp3) is 0.250. The lowest BCUT2D eigenvalue weighted by molar-refractivity contribution is 0.420. The first-order valence-corrected chi connectivity index (χ1v) is 4.83. The van der Waals surface area contributed by atoms with Gasteiger partial charge in [-0.25, -0.2) is 0 Å². The summed E-state index contributed by atoms with van der Waals surface area (Å²) in [4.78, 5) is 0. The largest absolute Gasteiger partial charge is 0.364 e. The van der Waals surface area contributed by atoms with E-state index in [9.17, 15) is 0 Å². The Balaban J connectivity index is 0.000000461. The van der Waals surface area contributed by atoms with Crippen molar-refractivity contribution in [2.24, 2.45) is 0 Å². The Morgan fingerprint density at radius 2 is 1.64 bits per heavy atom. The molecule has 0 fully saturated rings. The summed E-state index contributed by atoms with van der Waals surface area (Å²) in [5.74, 6) is 0. The van der Waals surface area contributed by atoms with Gasteiger partial charge < -0.3 is 4.52 Å². The van der Waals surface area contributed by atoms with Gasteiger partial charge in [0.25, 0.3) is 0 Å². The highest BCUT2D eigenvalue weighted by molar-refractivity contribution is 5.61. The van der Waals surface area contributed by atoms with Crippen LogP contribution in [0.3, 0.4) is 0 Å². The molecule has 2 aromatic rings. The van der Waals surface area contributed by atoms with E-state index in [0.717, 1.165) is 11.1 Å². The van der Waals surface area contributed by atoms with Crippen molar-refractivity contribution < 1.29 is 4.52 Å². The summed E-state index contributed by atoms with van der Waals surface area (Å²) in [5, 5.41) is 3.65. The first-order valence-electron chi connectivity index (χ1n) is 4.83. The SMILES string of the molecule is CC.Cc1ccc(-c2cnoc2)cc1. The number of hydrogen-bond acceptors (Lipinski definition) is 2. The van der Waals surface area contributed by atoms with Crippen molar-refractivity contribution >= 4 is 0 Å². The van der Waals surface area contributed by atoms with Gasteiger partial charge in [0.05, 0.1) is 6.20 Å². The highest BCUT2D eigenvalue weighted by Crippen LogP contribution is 2.18. The van der Waals surface area contributed by atoms with Gasteiger partial charge in [-0.15, -0.1) is 0 Å². The molecule has 0 N–H and O–H groups in total. The molecule has 0 atom stereocenters. The number of nitrogens with zero attached hydrogens (tertiary/aromatic N) is 1. The van der Waals surface area contributed by atoms with Crippen LogP contribution in [0.2, 0.25) is 0 Å². The van der Waals surface area contributed by atoms with E-state index < -0.39 is 0 Å². The van der Waals surface area contributed by atoms with E-state index in [1.54, 1.807) is 12.5 Å². The van der Waals surface area contributed by atoms with Gasteiger partial charge >= 0.3 is 0 Å². The summed E-state index contributed by atoms with van der Waals surface area (Å²) in [6, 6.07) is 8.26. The predicted octanol–water partition coefficient (Wildman–Crippen LogP) is 3.68. The first kappa shape index (κ1) is 10.5. The Labute approximate surface area is 84.6 Å². The molecule has 0 saturated heterocycles. The molecule has 0 radical (unpaired) electrons. The fourth-order valence-electron chi connectivity index (χ4n) is 1.09. The number of aryl methyl sites for hydroxylation is 1. The molecule has 14 heavy (non-hydrogen) atoms. The van der Waals surface area contributed by atoms with E-state index in [1.165, 1.54) is 5.56 Å². The van der Waals surface area contributed by atoms with E-state index in [4.69, 9.17) is 4.52 Å². The number of rotatable bonds is 1. The molecule has 0 spiro atoms. The Bertz CT molecular complexity index is 348. The predicted molar refractivity (Wildman–Crippen MR) is 58.0 cm³/mol. The molecule has 0 aliphatic carbocycles. The summed E-state index contributed by atoms with van der Waals surface area (Å²) < 4.78 is 4.75. The van der Waals surface area contributed by atoms with Crippen LogP contribution in [0.5, 0.6) is 0 Å². The maximum absolute atomic E-state index is 4.75. The summed E-state index contributed by atoms with van der Waals surface area (Å²) in [6.07, 6.45) is 3.36. The monoisotopic (exact) mass is 189 g/mol. The minimum Gasteiger partial charge on any atom is -0.364 e. The Morgan fingerprint density at radius 1 is 1.00 bits per heavy atom. The molecular weight excluding hydrogens is 174 g/mol. The van der Waals surface area contributed by atoms with Crippen LogP contribution in [0, 0.1) is 6.92 Å². The van der Waals surface area contributed by atoms with E-state index >= 15 is 0 Å². The van der Waals surface area contributed by atoms with Crippen LogP contribution < -0.4 is 0 Å². The van der Waals surface area contributed by atoms with Crippen LogP contribution in [-0.4, -0.2) is 5.16 Å².